The summed E-state index contributed by atoms with van der Waals surface area (Å²) in [6, 6.07) is -1.66. The van der Waals surface area contributed by atoms with Crippen LogP contribution in [0, 0.1) is 23.7 Å². The smallest absolute Gasteiger partial charge is 0.242 e. The van der Waals surface area contributed by atoms with Gasteiger partial charge in [0.05, 0.1) is 42.0 Å². The van der Waals surface area contributed by atoms with Gasteiger partial charge < -0.3 is 85.9 Å². The standard InChI is InChI=1S/2C31H52N8O8S4/c2*1-19(40)34-13-8-5-11-23(38-20(2)41)29(47)37-16-12-26(44)39(17-24(42)35-14-6-3-9-21(27(32)45)30-48-49-30)18-25(43)36-15-7-4-10-22(28(33)46)31-50-51-31/h2*21-23,30-31H,3-18H2,1-2H3,(H2,32,45)(H2,33,46)(H,34,40)(H,35,42)(H,36,43)(H,37,47)(H,38,41)/t2*21-,22-,23-/m00/s1. The SMILES string of the molecule is CC(=O)NCCCC[C@H](NC(C)=O)C(=O)NCCC(=O)N(CC(=O)NCCCC[C@@H](C(N)=O)C1SS1)CC(=O)NCCCC[C@@H](C(N)=O)C1SS1.CC(=O)NCCCC[C@H](NC(C)=O)C(=O)NCCC(=O)N(CC(=O)NCCCC[C@@H](C(N)=O)C1SS1)CC(=O)NCCCC[C@@H](C(N)=O)C1SS1. The van der Waals surface area contributed by atoms with Gasteiger partial charge in [-0.25, -0.2) is 0 Å². The van der Waals surface area contributed by atoms with Gasteiger partial charge in [0.2, 0.25) is 94.5 Å². The summed E-state index contributed by atoms with van der Waals surface area (Å²) in [6.07, 6.45) is 10.2. The Morgan fingerprint density at radius 1 is 0.294 bits per heavy atom. The van der Waals surface area contributed by atoms with Crippen LogP contribution in [0.25, 0.3) is 0 Å². The molecule has 6 atom stereocenters. The zero-order valence-electron chi connectivity index (χ0n) is 58.4. The molecule has 0 aromatic heterocycles. The first-order valence-corrected chi connectivity index (χ1v) is 43.3. The highest BCUT2D eigenvalue weighted by molar-refractivity contribution is 8.93. The molecular formula is C62H104N16O16S8. The minimum atomic E-state index is -0.831. The summed E-state index contributed by atoms with van der Waals surface area (Å²) in [4.78, 5) is 198. The number of hydrogen-bond donors (Lipinski definition) is 14. The summed E-state index contributed by atoms with van der Waals surface area (Å²) < 4.78 is 0.770. The van der Waals surface area contributed by atoms with Crippen molar-refractivity contribution in [3.05, 3.63) is 0 Å². The van der Waals surface area contributed by atoms with E-state index in [4.69, 9.17) is 22.9 Å². The number of carbonyl (C=O) groups is 16. The first-order chi connectivity index (χ1) is 48.6. The van der Waals surface area contributed by atoms with Crippen LogP contribution in [0.5, 0.6) is 0 Å². The van der Waals surface area contributed by atoms with Crippen LogP contribution in [0.1, 0.15) is 156 Å². The molecule has 4 rings (SSSR count). The van der Waals surface area contributed by atoms with E-state index in [1.807, 2.05) is 0 Å². The van der Waals surface area contributed by atoms with Gasteiger partial charge in [-0.15, -0.1) is 0 Å². The van der Waals surface area contributed by atoms with Crippen LogP contribution >= 0.6 is 86.4 Å². The van der Waals surface area contributed by atoms with Crippen LogP contribution in [0.3, 0.4) is 0 Å². The molecule has 32 nitrogen and oxygen atoms in total. The maximum absolute atomic E-state index is 13.2. The summed E-state index contributed by atoms with van der Waals surface area (Å²) in [6.45, 7) is 5.89. The lowest BCUT2D eigenvalue weighted by atomic mass is 10.0. The molecule has 0 unspecified atom stereocenters. The maximum Gasteiger partial charge on any atom is 0.242 e. The van der Waals surface area contributed by atoms with Gasteiger partial charge in [-0.3, -0.25) is 76.7 Å². The molecule has 4 fully saturated rings. The Bertz CT molecular complexity index is 2520. The third kappa shape index (κ3) is 42.9. The van der Waals surface area contributed by atoms with Crippen molar-refractivity contribution in [2.75, 3.05) is 78.5 Å². The normalized spacial score (nSPS) is 15.4. The van der Waals surface area contributed by atoms with Gasteiger partial charge in [-0.1, -0.05) is 112 Å². The van der Waals surface area contributed by atoms with Crippen LogP contribution in [0.15, 0.2) is 0 Å². The maximum atomic E-state index is 13.2. The van der Waals surface area contributed by atoms with Crippen molar-refractivity contribution in [2.24, 2.45) is 46.6 Å². The molecule has 4 aliphatic rings. The summed E-state index contributed by atoms with van der Waals surface area (Å²) in [7, 11) is 13.0. The Morgan fingerprint density at radius 2 is 0.520 bits per heavy atom. The number of nitrogens with one attached hydrogen (secondary N) is 10. The van der Waals surface area contributed by atoms with Crippen molar-refractivity contribution in [1.82, 2.24) is 63.0 Å². The minimum absolute atomic E-state index is 0.0867. The van der Waals surface area contributed by atoms with Crippen LogP contribution in [0.4, 0.5) is 0 Å². The molecular weight excluding hydrogens is 1480 g/mol. The Morgan fingerprint density at radius 3 is 0.725 bits per heavy atom. The van der Waals surface area contributed by atoms with Gasteiger partial charge in [-0.05, 0) is 89.9 Å². The topological polar surface area (TPSA) is 504 Å². The van der Waals surface area contributed by atoms with E-state index in [1.54, 1.807) is 86.4 Å². The van der Waals surface area contributed by atoms with E-state index in [1.165, 1.54) is 27.7 Å². The average molecular weight is 1590 g/mol. The fourth-order valence-corrected chi connectivity index (χ4v) is 17.7. The molecule has 4 saturated heterocycles. The van der Waals surface area contributed by atoms with Gasteiger partial charge in [0.25, 0.3) is 0 Å². The largest absolute Gasteiger partial charge is 0.369 e. The van der Waals surface area contributed by atoms with Crippen LogP contribution < -0.4 is 76.1 Å². The second-order valence-electron chi connectivity index (χ2n) is 24.7. The minimum Gasteiger partial charge on any atom is -0.369 e. The molecule has 0 radical (unpaired) electrons. The summed E-state index contributed by atoms with van der Waals surface area (Å²) in [5.41, 5.74) is 22.0. The number of nitrogens with two attached hydrogens (primary N) is 4. The lowest BCUT2D eigenvalue weighted by Crippen LogP contribution is -2.48. The third-order valence-electron chi connectivity index (χ3n) is 16.0. The number of unbranched alkanes of at least 4 members (excludes halogenated alkanes) is 6. The Hall–Kier alpha value is -5.68. The molecule has 4 heterocycles. The Balaban J connectivity index is 0.000000530. The predicted octanol–water partition coefficient (Wildman–Crippen LogP) is 0.701. The molecule has 0 aliphatic carbocycles. The van der Waals surface area contributed by atoms with Crippen LogP contribution in [-0.2, 0) is 76.7 Å². The quantitative estimate of drug-likeness (QED) is 0.0226. The average Bonchev–Trinajstić information content (AvgIpc) is 1.72. The van der Waals surface area contributed by atoms with Crippen molar-refractivity contribution in [1.29, 1.82) is 0 Å². The van der Waals surface area contributed by atoms with Gasteiger partial charge in [0.15, 0.2) is 0 Å². The summed E-state index contributed by atoms with van der Waals surface area (Å²) >= 11 is 0. The van der Waals surface area contributed by atoms with Gasteiger partial charge in [0, 0.05) is 92.9 Å². The van der Waals surface area contributed by atoms with E-state index in [9.17, 15) is 76.7 Å². The molecule has 0 aromatic rings. The zero-order valence-corrected chi connectivity index (χ0v) is 64.9. The molecule has 0 spiro atoms. The molecule has 0 aromatic carbocycles. The lowest BCUT2D eigenvalue weighted by Gasteiger charge is -2.23. The first-order valence-electron chi connectivity index (χ1n) is 34.2. The highest BCUT2D eigenvalue weighted by Gasteiger charge is 2.40. The highest BCUT2D eigenvalue weighted by atomic mass is 33.2. The van der Waals surface area contributed by atoms with Gasteiger partial charge >= 0.3 is 0 Å². The van der Waals surface area contributed by atoms with E-state index in [2.05, 4.69) is 53.2 Å². The second kappa shape index (κ2) is 51.5. The van der Waals surface area contributed by atoms with Gasteiger partial charge in [0.1, 0.15) is 38.3 Å². The van der Waals surface area contributed by atoms with Crippen molar-refractivity contribution < 1.29 is 76.7 Å². The predicted molar refractivity (Wildman–Crippen MR) is 403 cm³/mol. The number of amides is 16. The lowest BCUT2D eigenvalue weighted by molar-refractivity contribution is -0.139. The fraction of sp³-hybridized carbons (Fsp3) is 0.742. The monoisotopic (exact) mass is 1580 g/mol. The van der Waals surface area contributed by atoms with Crippen molar-refractivity contribution in [2.45, 2.75) is 187 Å². The van der Waals surface area contributed by atoms with Gasteiger partial charge in [-0.2, -0.15) is 0 Å². The molecule has 4 aliphatic heterocycles. The van der Waals surface area contributed by atoms with Crippen LogP contribution in [0.2, 0.25) is 0 Å². The number of primary amides is 4. The molecule has 102 heavy (non-hydrogen) atoms. The number of hydrogen-bond acceptors (Lipinski definition) is 24. The number of rotatable bonds is 56. The molecule has 40 heteroatoms. The summed E-state index contributed by atoms with van der Waals surface area (Å²) in [5, 5.41) is 26.9. The molecule has 0 saturated carbocycles. The third-order valence-corrected chi connectivity index (χ3v) is 25.2. The summed E-state index contributed by atoms with van der Waals surface area (Å²) in [5.74, 6) is -7.14. The Kier molecular flexibility index (Phi) is 45.7. The fourth-order valence-electron chi connectivity index (χ4n) is 10.2. The van der Waals surface area contributed by atoms with E-state index >= 15 is 0 Å². The Labute approximate surface area is 628 Å². The second-order valence-corrected chi connectivity index (χ2v) is 36.1. The van der Waals surface area contributed by atoms with E-state index < -0.39 is 71.2 Å². The number of nitrogens with zero attached hydrogens (tertiary/aromatic N) is 2. The van der Waals surface area contributed by atoms with Crippen LogP contribution in [-0.4, -0.2) is 213 Å². The van der Waals surface area contributed by atoms with E-state index in [0.29, 0.717) is 155 Å². The zero-order chi connectivity index (χ0) is 75.5. The van der Waals surface area contributed by atoms with E-state index in [0.717, 1.165) is 9.80 Å². The first kappa shape index (κ1) is 90.5. The molecule has 18 N–H and O–H groups in total. The molecule has 576 valence electrons. The molecule has 16 amide bonds. The number of carbonyl (C=O) groups excluding carboxylic acids is 16. The highest BCUT2D eigenvalue weighted by Crippen LogP contribution is 2.60. The van der Waals surface area contributed by atoms with Crippen molar-refractivity contribution in [3.63, 3.8) is 0 Å². The van der Waals surface area contributed by atoms with E-state index in [-0.39, 0.29) is 130 Å². The van der Waals surface area contributed by atoms with Crippen molar-refractivity contribution in [3.8, 4) is 0 Å². The molecule has 0 bridgehead atoms. The van der Waals surface area contributed by atoms with Crippen molar-refractivity contribution >= 4 is 181 Å².